The van der Waals surface area contributed by atoms with Gasteiger partial charge in [0.15, 0.2) is 0 Å². The van der Waals surface area contributed by atoms with Crippen molar-refractivity contribution in [2.75, 3.05) is 26.8 Å². The predicted octanol–water partition coefficient (Wildman–Crippen LogP) is 2.71. The lowest BCUT2D eigenvalue weighted by Gasteiger charge is -2.33. The maximum absolute atomic E-state index is 12.6. The van der Waals surface area contributed by atoms with Gasteiger partial charge >= 0.3 is 0 Å². The lowest BCUT2D eigenvalue weighted by molar-refractivity contribution is -0.138. The molecule has 0 N–H and O–H groups in total. The Morgan fingerprint density at radius 3 is 2.71 bits per heavy atom. The molecule has 0 spiro atoms. The molecule has 126 valence electrons. The summed E-state index contributed by atoms with van der Waals surface area (Å²) < 4.78 is 11.2. The van der Waals surface area contributed by atoms with E-state index in [0.717, 1.165) is 17.7 Å². The van der Waals surface area contributed by atoms with Gasteiger partial charge in [0.25, 0.3) is 0 Å². The van der Waals surface area contributed by atoms with E-state index in [9.17, 15) is 4.79 Å². The van der Waals surface area contributed by atoms with Crippen molar-refractivity contribution in [1.29, 1.82) is 0 Å². The van der Waals surface area contributed by atoms with Gasteiger partial charge in [0.2, 0.25) is 5.91 Å². The van der Waals surface area contributed by atoms with Gasteiger partial charge in [-0.25, -0.2) is 0 Å². The molecular formula is C20H23NO3. The van der Waals surface area contributed by atoms with Crippen LogP contribution in [0.3, 0.4) is 0 Å². The van der Waals surface area contributed by atoms with Crippen LogP contribution < -0.4 is 4.74 Å². The molecule has 0 saturated carbocycles. The van der Waals surface area contributed by atoms with E-state index < -0.39 is 0 Å². The molecule has 1 heterocycles. The lowest BCUT2D eigenvalue weighted by Crippen LogP contribution is -2.46. The first-order valence-electron chi connectivity index (χ1n) is 8.31. The number of para-hydroxylation sites is 1. The highest BCUT2D eigenvalue weighted by Crippen LogP contribution is 2.19. The maximum atomic E-state index is 12.6. The van der Waals surface area contributed by atoms with Crippen molar-refractivity contribution >= 4 is 5.91 Å². The van der Waals surface area contributed by atoms with Crippen molar-refractivity contribution in [2.45, 2.75) is 18.9 Å². The van der Waals surface area contributed by atoms with Gasteiger partial charge in [-0.2, -0.15) is 0 Å². The Labute approximate surface area is 143 Å². The average molecular weight is 325 g/mol. The minimum absolute atomic E-state index is 0.0581. The molecule has 1 amide bonds. The second-order valence-electron chi connectivity index (χ2n) is 6.01. The van der Waals surface area contributed by atoms with Crippen LogP contribution in [0.15, 0.2) is 54.6 Å². The van der Waals surface area contributed by atoms with Crippen LogP contribution >= 0.6 is 0 Å². The van der Waals surface area contributed by atoms with Crippen LogP contribution in [0.2, 0.25) is 0 Å². The number of carbonyl (C=O) groups excluding carboxylic acids is 1. The molecular weight excluding hydrogens is 302 g/mol. The first-order chi connectivity index (χ1) is 11.8. The zero-order valence-corrected chi connectivity index (χ0v) is 14.0. The van der Waals surface area contributed by atoms with Gasteiger partial charge < -0.3 is 14.4 Å². The fourth-order valence-electron chi connectivity index (χ4n) is 3.07. The summed E-state index contributed by atoms with van der Waals surface area (Å²) in [5, 5.41) is 0. The molecule has 1 aliphatic heterocycles. The van der Waals surface area contributed by atoms with Crippen LogP contribution in [0.1, 0.15) is 11.1 Å². The summed E-state index contributed by atoms with van der Waals surface area (Å²) in [6.45, 7) is 1.89. The number of carbonyl (C=O) groups is 1. The van der Waals surface area contributed by atoms with Crippen molar-refractivity contribution in [3.8, 4) is 5.75 Å². The van der Waals surface area contributed by atoms with Crippen molar-refractivity contribution in [3.63, 3.8) is 0 Å². The van der Waals surface area contributed by atoms with Crippen LogP contribution in [0.25, 0.3) is 0 Å². The molecule has 1 unspecified atom stereocenters. The van der Waals surface area contributed by atoms with Gasteiger partial charge in [0, 0.05) is 25.1 Å². The van der Waals surface area contributed by atoms with Crippen molar-refractivity contribution in [3.05, 3.63) is 65.7 Å². The number of nitrogens with zero attached hydrogens (tertiary/aromatic N) is 1. The van der Waals surface area contributed by atoms with Gasteiger partial charge in [-0.3, -0.25) is 4.79 Å². The number of hydrogen-bond acceptors (Lipinski definition) is 3. The summed E-state index contributed by atoms with van der Waals surface area (Å²) in [7, 11) is 1.63. The molecule has 1 saturated heterocycles. The lowest BCUT2D eigenvalue weighted by atomic mass is 10.1. The van der Waals surface area contributed by atoms with E-state index in [1.165, 1.54) is 5.56 Å². The molecule has 2 aromatic carbocycles. The van der Waals surface area contributed by atoms with E-state index in [1.807, 2.05) is 47.4 Å². The third kappa shape index (κ3) is 4.15. The smallest absolute Gasteiger partial charge is 0.227 e. The van der Waals surface area contributed by atoms with Crippen LogP contribution in [-0.4, -0.2) is 43.7 Å². The highest BCUT2D eigenvalue weighted by molar-refractivity contribution is 5.79. The predicted molar refractivity (Wildman–Crippen MR) is 93.2 cm³/mol. The number of amides is 1. The first kappa shape index (κ1) is 16.5. The minimum Gasteiger partial charge on any atom is -0.496 e. The Morgan fingerprint density at radius 1 is 1.17 bits per heavy atom. The van der Waals surface area contributed by atoms with Gasteiger partial charge in [0.1, 0.15) is 5.75 Å². The van der Waals surface area contributed by atoms with Crippen LogP contribution in [0, 0.1) is 0 Å². The molecule has 0 bridgehead atoms. The Morgan fingerprint density at radius 2 is 1.92 bits per heavy atom. The molecule has 1 fully saturated rings. The van der Waals surface area contributed by atoms with Gasteiger partial charge in [-0.05, 0) is 11.6 Å². The standard InChI is InChI=1S/C20H23NO3/c1-23-19-10-6-5-9-17(19)14-20(22)21-11-12-24-18(15-21)13-16-7-3-2-4-8-16/h2-10,18H,11-15H2,1H3. The van der Waals surface area contributed by atoms with Crippen LogP contribution in [0.4, 0.5) is 0 Å². The molecule has 4 heteroatoms. The fraction of sp³-hybridized carbons (Fsp3) is 0.350. The molecule has 0 aliphatic carbocycles. The van der Waals surface area contributed by atoms with Crippen LogP contribution in [0.5, 0.6) is 5.75 Å². The zero-order chi connectivity index (χ0) is 16.8. The highest BCUT2D eigenvalue weighted by atomic mass is 16.5. The van der Waals surface area contributed by atoms with Crippen molar-refractivity contribution in [1.82, 2.24) is 4.90 Å². The first-order valence-corrected chi connectivity index (χ1v) is 8.31. The summed E-state index contributed by atoms with van der Waals surface area (Å²) in [4.78, 5) is 14.6. The number of benzene rings is 2. The van der Waals surface area contributed by atoms with E-state index in [4.69, 9.17) is 9.47 Å². The topological polar surface area (TPSA) is 38.8 Å². The average Bonchev–Trinajstić information content (AvgIpc) is 2.63. The minimum atomic E-state index is 0.0581. The molecule has 4 nitrogen and oxygen atoms in total. The third-order valence-corrected chi connectivity index (χ3v) is 4.33. The molecule has 2 aromatic rings. The van der Waals surface area contributed by atoms with Crippen molar-refractivity contribution in [2.24, 2.45) is 0 Å². The number of ether oxygens (including phenoxy) is 2. The SMILES string of the molecule is COc1ccccc1CC(=O)N1CCOC(Cc2ccccc2)C1. The third-order valence-electron chi connectivity index (χ3n) is 4.33. The van der Waals surface area contributed by atoms with Gasteiger partial charge in [0.05, 0.1) is 26.2 Å². The second-order valence-corrected chi connectivity index (χ2v) is 6.01. The highest BCUT2D eigenvalue weighted by Gasteiger charge is 2.25. The van der Waals surface area contributed by atoms with Gasteiger partial charge in [-0.15, -0.1) is 0 Å². The number of morpholine rings is 1. The molecule has 3 rings (SSSR count). The molecule has 24 heavy (non-hydrogen) atoms. The zero-order valence-electron chi connectivity index (χ0n) is 14.0. The molecule has 0 radical (unpaired) electrons. The Balaban J connectivity index is 1.60. The Hall–Kier alpha value is -2.33. The second kappa shape index (κ2) is 7.97. The normalized spacial score (nSPS) is 17.5. The van der Waals surface area contributed by atoms with E-state index in [1.54, 1.807) is 7.11 Å². The Kier molecular flexibility index (Phi) is 5.49. The monoisotopic (exact) mass is 325 g/mol. The summed E-state index contributed by atoms with van der Waals surface area (Å²) in [6, 6.07) is 17.9. The van der Waals surface area contributed by atoms with E-state index in [0.29, 0.717) is 26.1 Å². The molecule has 1 atom stereocenters. The summed E-state index contributed by atoms with van der Waals surface area (Å²) >= 11 is 0. The number of hydrogen-bond donors (Lipinski definition) is 0. The Bertz CT molecular complexity index is 672. The van der Waals surface area contributed by atoms with Gasteiger partial charge in [-0.1, -0.05) is 48.5 Å². The van der Waals surface area contributed by atoms with E-state index in [2.05, 4.69) is 12.1 Å². The van der Waals surface area contributed by atoms with Crippen LogP contribution in [-0.2, 0) is 22.4 Å². The molecule has 1 aliphatic rings. The summed E-state index contributed by atoms with van der Waals surface area (Å²) in [5.41, 5.74) is 2.16. The maximum Gasteiger partial charge on any atom is 0.227 e. The summed E-state index contributed by atoms with van der Waals surface area (Å²) in [5.74, 6) is 0.890. The summed E-state index contributed by atoms with van der Waals surface area (Å²) in [6.07, 6.45) is 1.25. The van der Waals surface area contributed by atoms with E-state index in [-0.39, 0.29) is 12.0 Å². The number of methoxy groups -OCH3 is 1. The fourth-order valence-corrected chi connectivity index (χ4v) is 3.07. The number of rotatable bonds is 5. The quantitative estimate of drug-likeness (QED) is 0.848. The molecule has 0 aromatic heterocycles. The van der Waals surface area contributed by atoms with Crippen molar-refractivity contribution < 1.29 is 14.3 Å². The largest absolute Gasteiger partial charge is 0.496 e. The van der Waals surface area contributed by atoms with E-state index >= 15 is 0 Å².